The summed E-state index contributed by atoms with van der Waals surface area (Å²) < 4.78 is 0. The topological polar surface area (TPSA) is 80.5 Å². The van der Waals surface area contributed by atoms with Crippen molar-refractivity contribution in [1.29, 1.82) is 0 Å². The molecule has 0 bridgehead atoms. The molecule has 5 nitrogen and oxygen atoms in total. The first-order valence-corrected chi connectivity index (χ1v) is 3.44. The number of nitrogens with two attached hydrogens (primary N) is 1. The number of rotatable bonds is 1. The monoisotopic (exact) mass is 161 g/mol. The summed E-state index contributed by atoms with van der Waals surface area (Å²) in [6.45, 7) is 0. The van der Waals surface area contributed by atoms with Crippen molar-refractivity contribution >= 4 is 5.82 Å². The van der Waals surface area contributed by atoms with Crippen LogP contribution in [0.3, 0.4) is 0 Å². The summed E-state index contributed by atoms with van der Waals surface area (Å²) in [6, 6.07) is 1.86. The van der Waals surface area contributed by atoms with Gasteiger partial charge in [0.1, 0.15) is 5.82 Å². The van der Waals surface area contributed by atoms with Crippen LogP contribution in [0, 0.1) is 0 Å². The van der Waals surface area contributed by atoms with Gasteiger partial charge in [0.15, 0.2) is 5.82 Å². The molecule has 12 heavy (non-hydrogen) atoms. The van der Waals surface area contributed by atoms with Crippen LogP contribution in [0.2, 0.25) is 0 Å². The van der Waals surface area contributed by atoms with Crippen LogP contribution in [0.4, 0.5) is 5.82 Å². The molecule has 0 radical (unpaired) electrons. The van der Waals surface area contributed by atoms with E-state index in [1.54, 1.807) is 12.4 Å². The summed E-state index contributed by atoms with van der Waals surface area (Å²) in [5, 5.41) is 7.51. The highest BCUT2D eigenvalue weighted by Gasteiger charge is 2.00. The molecule has 2 heterocycles. The van der Waals surface area contributed by atoms with Gasteiger partial charge in [-0.2, -0.15) is 5.10 Å². The minimum absolute atomic E-state index is 0.376. The van der Waals surface area contributed by atoms with Gasteiger partial charge in [-0.25, -0.2) is 4.98 Å². The molecular weight excluding hydrogens is 154 g/mol. The van der Waals surface area contributed by atoms with Gasteiger partial charge in [-0.3, -0.25) is 0 Å². The molecular formula is C7H7N5. The van der Waals surface area contributed by atoms with E-state index < -0.39 is 0 Å². The van der Waals surface area contributed by atoms with Crippen LogP contribution in [-0.4, -0.2) is 20.2 Å². The molecule has 0 amide bonds. The van der Waals surface area contributed by atoms with Crippen molar-refractivity contribution in [1.82, 2.24) is 20.2 Å². The second-order valence-corrected chi connectivity index (χ2v) is 2.30. The average molecular weight is 161 g/mol. The van der Waals surface area contributed by atoms with Crippen molar-refractivity contribution in [3.05, 3.63) is 24.7 Å². The summed E-state index contributed by atoms with van der Waals surface area (Å²) in [5.74, 6) is 0.914. The zero-order chi connectivity index (χ0) is 8.39. The van der Waals surface area contributed by atoms with Crippen LogP contribution in [-0.2, 0) is 0 Å². The largest absolute Gasteiger partial charge is 0.382 e. The van der Waals surface area contributed by atoms with E-state index in [2.05, 4.69) is 20.2 Å². The van der Waals surface area contributed by atoms with E-state index in [0.29, 0.717) is 11.6 Å². The minimum atomic E-state index is 0.376. The summed E-state index contributed by atoms with van der Waals surface area (Å²) in [6.07, 6.45) is 4.99. The lowest BCUT2D eigenvalue weighted by Crippen LogP contribution is -1.96. The van der Waals surface area contributed by atoms with E-state index in [1.165, 1.54) is 6.20 Å². The molecule has 0 fully saturated rings. The van der Waals surface area contributed by atoms with Crippen molar-refractivity contribution in [2.24, 2.45) is 0 Å². The Bertz CT molecular complexity index is 367. The van der Waals surface area contributed by atoms with Gasteiger partial charge in [0.25, 0.3) is 0 Å². The number of H-pyrrole nitrogens is 1. The fraction of sp³-hybridized carbons (Fsp3) is 0. The first-order valence-electron chi connectivity index (χ1n) is 3.44. The molecule has 0 saturated carbocycles. The normalized spacial score (nSPS) is 10.0. The number of hydrogen-bond acceptors (Lipinski definition) is 4. The Morgan fingerprint density at radius 2 is 2.33 bits per heavy atom. The van der Waals surface area contributed by atoms with Gasteiger partial charge in [0.2, 0.25) is 0 Å². The fourth-order valence-corrected chi connectivity index (χ4v) is 0.901. The predicted molar refractivity (Wildman–Crippen MR) is 44.0 cm³/mol. The standard InChI is InChI=1S/C7H7N5/c8-6-4-10-12-7(11-6)5-1-2-9-3-5/h1-4,9H,(H2,8,11,12). The summed E-state index contributed by atoms with van der Waals surface area (Å²) in [4.78, 5) is 6.90. The molecule has 3 N–H and O–H groups in total. The summed E-state index contributed by atoms with van der Waals surface area (Å²) in [7, 11) is 0. The van der Waals surface area contributed by atoms with E-state index >= 15 is 0 Å². The third-order valence-corrected chi connectivity index (χ3v) is 1.43. The molecule has 0 spiro atoms. The Balaban J connectivity index is 2.48. The number of nitrogens with one attached hydrogen (secondary N) is 1. The maximum atomic E-state index is 5.44. The fourth-order valence-electron chi connectivity index (χ4n) is 0.901. The highest BCUT2D eigenvalue weighted by Crippen LogP contribution is 2.11. The Morgan fingerprint density at radius 1 is 1.42 bits per heavy atom. The van der Waals surface area contributed by atoms with Crippen LogP contribution >= 0.6 is 0 Å². The lowest BCUT2D eigenvalue weighted by Gasteiger charge is -1.94. The molecule has 2 aromatic heterocycles. The third-order valence-electron chi connectivity index (χ3n) is 1.43. The molecule has 0 aliphatic carbocycles. The van der Waals surface area contributed by atoms with E-state index in [-0.39, 0.29) is 0 Å². The number of aromatic amines is 1. The van der Waals surface area contributed by atoms with Crippen LogP contribution in [0.25, 0.3) is 11.4 Å². The molecule has 5 heteroatoms. The maximum Gasteiger partial charge on any atom is 0.185 e. The quantitative estimate of drug-likeness (QED) is 0.636. The summed E-state index contributed by atoms with van der Waals surface area (Å²) in [5.41, 5.74) is 6.32. The molecule has 0 unspecified atom stereocenters. The Morgan fingerprint density at radius 3 is 3.00 bits per heavy atom. The highest BCUT2D eigenvalue weighted by molar-refractivity contribution is 5.53. The van der Waals surface area contributed by atoms with Crippen molar-refractivity contribution in [3.8, 4) is 11.4 Å². The highest BCUT2D eigenvalue weighted by atomic mass is 15.2. The first-order chi connectivity index (χ1) is 5.86. The number of hydrogen-bond donors (Lipinski definition) is 2. The van der Waals surface area contributed by atoms with Gasteiger partial charge in [-0.15, -0.1) is 5.10 Å². The van der Waals surface area contributed by atoms with Gasteiger partial charge < -0.3 is 10.7 Å². The number of anilines is 1. The Kier molecular flexibility index (Phi) is 1.48. The molecule has 0 aromatic carbocycles. The van der Waals surface area contributed by atoms with Crippen molar-refractivity contribution in [3.63, 3.8) is 0 Å². The van der Waals surface area contributed by atoms with E-state index in [1.807, 2.05) is 6.07 Å². The van der Waals surface area contributed by atoms with Gasteiger partial charge in [-0.05, 0) is 6.07 Å². The average Bonchev–Trinajstić information content (AvgIpc) is 2.56. The van der Waals surface area contributed by atoms with Crippen LogP contribution < -0.4 is 5.73 Å². The van der Waals surface area contributed by atoms with Crippen LogP contribution in [0.5, 0.6) is 0 Å². The predicted octanol–water partition coefficient (Wildman–Crippen LogP) is 0.449. The lowest BCUT2D eigenvalue weighted by atomic mass is 10.3. The van der Waals surface area contributed by atoms with Crippen LogP contribution in [0.1, 0.15) is 0 Å². The van der Waals surface area contributed by atoms with E-state index in [9.17, 15) is 0 Å². The van der Waals surface area contributed by atoms with Gasteiger partial charge in [0.05, 0.1) is 6.20 Å². The maximum absolute atomic E-state index is 5.44. The van der Waals surface area contributed by atoms with Gasteiger partial charge in [-0.1, -0.05) is 0 Å². The zero-order valence-electron chi connectivity index (χ0n) is 6.23. The van der Waals surface area contributed by atoms with Crippen LogP contribution in [0.15, 0.2) is 24.7 Å². The van der Waals surface area contributed by atoms with Gasteiger partial charge >= 0.3 is 0 Å². The smallest absolute Gasteiger partial charge is 0.185 e. The zero-order valence-corrected chi connectivity index (χ0v) is 6.23. The van der Waals surface area contributed by atoms with Gasteiger partial charge in [0, 0.05) is 18.0 Å². The Labute approximate surface area is 68.7 Å². The van der Waals surface area contributed by atoms with E-state index in [4.69, 9.17) is 5.73 Å². The van der Waals surface area contributed by atoms with Crippen molar-refractivity contribution in [2.45, 2.75) is 0 Å². The third kappa shape index (κ3) is 1.12. The second kappa shape index (κ2) is 2.61. The SMILES string of the molecule is Nc1cnnc(-c2cc[nH]c2)n1. The number of nitrogens with zero attached hydrogens (tertiary/aromatic N) is 3. The van der Waals surface area contributed by atoms with Crippen molar-refractivity contribution < 1.29 is 0 Å². The number of nitrogen functional groups attached to an aromatic ring is 1. The summed E-state index contributed by atoms with van der Waals surface area (Å²) >= 11 is 0. The molecule has 0 atom stereocenters. The molecule has 2 aromatic rings. The molecule has 0 aliphatic rings. The molecule has 60 valence electrons. The first kappa shape index (κ1) is 6.78. The minimum Gasteiger partial charge on any atom is -0.382 e. The second-order valence-electron chi connectivity index (χ2n) is 2.30. The molecule has 0 aliphatic heterocycles. The lowest BCUT2D eigenvalue weighted by molar-refractivity contribution is 0.987. The van der Waals surface area contributed by atoms with E-state index in [0.717, 1.165) is 5.56 Å². The molecule has 0 saturated heterocycles. The molecule has 2 rings (SSSR count). The number of aromatic nitrogens is 4. The Hall–Kier alpha value is -1.91. The van der Waals surface area contributed by atoms with Crippen molar-refractivity contribution in [2.75, 3.05) is 5.73 Å².